The van der Waals surface area contributed by atoms with E-state index in [9.17, 15) is 19.1 Å². The number of benzene rings is 1. The summed E-state index contributed by atoms with van der Waals surface area (Å²) in [5.41, 5.74) is -0.919. The van der Waals surface area contributed by atoms with E-state index in [1.54, 1.807) is 32.9 Å². The zero-order valence-electron chi connectivity index (χ0n) is 12.9. The number of hydrogen-bond acceptors (Lipinski definition) is 3. The van der Waals surface area contributed by atoms with E-state index < -0.39 is 23.1 Å². The number of likely N-dealkylation sites (tertiary alicyclic amines) is 1. The van der Waals surface area contributed by atoms with Crippen molar-refractivity contribution >= 4 is 12.1 Å². The van der Waals surface area contributed by atoms with Gasteiger partial charge in [-0.15, -0.1) is 0 Å². The first-order chi connectivity index (χ1) is 10.1. The maximum atomic E-state index is 12.9. The molecule has 1 N–H and O–H groups in total. The smallest absolute Gasteiger partial charge is 0.410 e. The van der Waals surface area contributed by atoms with Gasteiger partial charge in [-0.05, 0) is 44.9 Å². The van der Waals surface area contributed by atoms with Gasteiger partial charge in [0.05, 0.1) is 0 Å². The second-order valence-corrected chi connectivity index (χ2v) is 6.73. The van der Waals surface area contributed by atoms with Crippen LogP contribution in [0.4, 0.5) is 9.18 Å². The third-order valence-electron chi connectivity index (χ3n) is 3.55. The minimum atomic E-state index is -1.03. The van der Waals surface area contributed by atoms with Crippen molar-refractivity contribution in [1.29, 1.82) is 0 Å². The number of aliphatic carboxylic acids is 1. The Kier molecular flexibility index (Phi) is 4.13. The molecule has 0 atom stereocenters. The van der Waals surface area contributed by atoms with Gasteiger partial charge in [0.1, 0.15) is 16.8 Å². The molecule has 120 valence electrons. The standard InChI is InChI=1S/C16H20FNO4/c1-15(2,3)22-14(21)18-9-16(10-18,13(19)20)8-11-4-6-12(17)7-5-11/h4-7H,8-10H2,1-3H3,(H,19,20). The predicted octanol–water partition coefficient (Wildman–Crippen LogP) is 2.69. The molecule has 1 aromatic carbocycles. The van der Waals surface area contributed by atoms with Crippen LogP contribution >= 0.6 is 0 Å². The highest BCUT2D eigenvalue weighted by molar-refractivity contribution is 5.81. The summed E-state index contributed by atoms with van der Waals surface area (Å²) in [6.07, 6.45) is -0.259. The lowest BCUT2D eigenvalue weighted by Crippen LogP contribution is -2.63. The van der Waals surface area contributed by atoms with E-state index in [-0.39, 0.29) is 25.3 Å². The number of nitrogens with zero attached hydrogens (tertiary/aromatic N) is 1. The number of carbonyl (C=O) groups is 2. The largest absolute Gasteiger partial charge is 0.481 e. The summed E-state index contributed by atoms with van der Waals surface area (Å²) in [4.78, 5) is 24.9. The molecule has 1 fully saturated rings. The van der Waals surface area contributed by atoms with E-state index in [4.69, 9.17) is 4.74 Å². The number of amides is 1. The second kappa shape index (κ2) is 5.59. The van der Waals surface area contributed by atoms with Crippen LogP contribution in [0.1, 0.15) is 26.3 Å². The van der Waals surface area contributed by atoms with Crippen molar-refractivity contribution in [2.45, 2.75) is 32.8 Å². The topological polar surface area (TPSA) is 66.8 Å². The number of carbonyl (C=O) groups excluding carboxylic acids is 1. The van der Waals surface area contributed by atoms with Crippen molar-refractivity contribution in [2.24, 2.45) is 5.41 Å². The molecule has 6 heteroatoms. The maximum absolute atomic E-state index is 12.9. The molecule has 0 aliphatic carbocycles. The molecule has 1 aromatic rings. The molecule has 1 aliphatic rings. The van der Waals surface area contributed by atoms with Gasteiger partial charge < -0.3 is 14.7 Å². The van der Waals surface area contributed by atoms with Gasteiger partial charge >= 0.3 is 12.1 Å². The number of carboxylic acids is 1. The third-order valence-corrected chi connectivity index (χ3v) is 3.55. The van der Waals surface area contributed by atoms with E-state index in [0.717, 1.165) is 5.56 Å². The fourth-order valence-corrected chi connectivity index (χ4v) is 2.46. The number of hydrogen-bond donors (Lipinski definition) is 1. The van der Waals surface area contributed by atoms with Gasteiger partial charge in [-0.25, -0.2) is 9.18 Å². The number of rotatable bonds is 3. The van der Waals surface area contributed by atoms with Crippen LogP contribution in [0.25, 0.3) is 0 Å². The van der Waals surface area contributed by atoms with Crippen molar-refractivity contribution in [2.75, 3.05) is 13.1 Å². The van der Waals surface area contributed by atoms with Gasteiger partial charge in [-0.3, -0.25) is 4.79 Å². The molecular formula is C16H20FNO4. The van der Waals surface area contributed by atoms with E-state index in [1.165, 1.54) is 17.0 Å². The summed E-state index contributed by atoms with van der Waals surface area (Å²) in [7, 11) is 0. The first kappa shape index (κ1) is 16.3. The van der Waals surface area contributed by atoms with Crippen LogP contribution in [0.3, 0.4) is 0 Å². The molecule has 1 amide bonds. The van der Waals surface area contributed by atoms with Crippen LogP contribution in [0.5, 0.6) is 0 Å². The Morgan fingerprint density at radius 1 is 1.27 bits per heavy atom. The zero-order chi connectivity index (χ0) is 16.5. The van der Waals surface area contributed by atoms with E-state index >= 15 is 0 Å². The zero-order valence-corrected chi connectivity index (χ0v) is 12.9. The molecule has 2 rings (SSSR count). The minimum Gasteiger partial charge on any atom is -0.481 e. The molecule has 0 radical (unpaired) electrons. The average molecular weight is 309 g/mol. The van der Waals surface area contributed by atoms with E-state index in [1.807, 2.05) is 0 Å². The van der Waals surface area contributed by atoms with Crippen LogP contribution in [0.15, 0.2) is 24.3 Å². The van der Waals surface area contributed by atoms with Gasteiger partial charge in [-0.1, -0.05) is 12.1 Å². The highest BCUT2D eigenvalue weighted by Gasteiger charge is 2.52. The number of ether oxygens (including phenoxy) is 1. The van der Waals surface area contributed by atoms with Crippen LogP contribution < -0.4 is 0 Å². The Bertz CT molecular complexity index is 571. The highest BCUT2D eigenvalue weighted by Crippen LogP contribution is 2.35. The molecule has 0 spiro atoms. The highest BCUT2D eigenvalue weighted by atomic mass is 19.1. The molecule has 0 saturated carbocycles. The molecule has 0 unspecified atom stereocenters. The van der Waals surface area contributed by atoms with E-state index in [2.05, 4.69) is 0 Å². The summed E-state index contributed by atoms with van der Waals surface area (Å²) in [6, 6.07) is 5.73. The van der Waals surface area contributed by atoms with Crippen LogP contribution in [-0.2, 0) is 16.0 Å². The summed E-state index contributed by atoms with van der Waals surface area (Å²) in [5, 5.41) is 9.48. The van der Waals surface area contributed by atoms with Crippen molar-refractivity contribution in [3.63, 3.8) is 0 Å². The lowest BCUT2D eigenvalue weighted by molar-refractivity contribution is -0.159. The Balaban J connectivity index is 2.03. The van der Waals surface area contributed by atoms with Crippen LogP contribution in [-0.4, -0.2) is 40.8 Å². The van der Waals surface area contributed by atoms with Gasteiger partial charge in [0.2, 0.25) is 0 Å². The normalized spacial score (nSPS) is 16.8. The summed E-state index contributed by atoms with van der Waals surface area (Å²) >= 11 is 0. The van der Waals surface area contributed by atoms with Crippen molar-refractivity contribution < 1.29 is 23.8 Å². The number of carboxylic acid groups (broad SMARTS) is 1. The van der Waals surface area contributed by atoms with Crippen molar-refractivity contribution in [1.82, 2.24) is 4.90 Å². The SMILES string of the molecule is CC(C)(C)OC(=O)N1CC(Cc2ccc(F)cc2)(C(=O)O)C1. The molecule has 5 nitrogen and oxygen atoms in total. The molecular weight excluding hydrogens is 289 g/mol. The molecule has 0 aromatic heterocycles. The molecule has 0 bridgehead atoms. The van der Waals surface area contributed by atoms with Gasteiger partial charge in [0, 0.05) is 13.1 Å². The molecule has 22 heavy (non-hydrogen) atoms. The first-order valence-electron chi connectivity index (χ1n) is 7.07. The quantitative estimate of drug-likeness (QED) is 0.932. The lowest BCUT2D eigenvalue weighted by atomic mass is 9.75. The summed E-state index contributed by atoms with van der Waals surface area (Å²) in [6.45, 7) is 5.46. The first-order valence-corrected chi connectivity index (χ1v) is 7.07. The average Bonchev–Trinajstić information content (AvgIpc) is 2.32. The second-order valence-electron chi connectivity index (χ2n) is 6.73. The van der Waals surface area contributed by atoms with Crippen molar-refractivity contribution in [3.05, 3.63) is 35.6 Å². The summed E-state index contributed by atoms with van der Waals surface area (Å²) < 4.78 is 18.1. The Hall–Kier alpha value is -2.11. The Morgan fingerprint density at radius 2 is 1.82 bits per heavy atom. The minimum absolute atomic E-state index is 0.0919. The summed E-state index contributed by atoms with van der Waals surface area (Å²) in [5.74, 6) is -1.33. The fourth-order valence-electron chi connectivity index (χ4n) is 2.46. The fraction of sp³-hybridized carbons (Fsp3) is 0.500. The van der Waals surface area contributed by atoms with E-state index in [0.29, 0.717) is 0 Å². The van der Waals surface area contributed by atoms with Crippen LogP contribution in [0.2, 0.25) is 0 Å². The van der Waals surface area contributed by atoms with Crippen molar-refractivity contribution in [3.8, 4) is 0 Å². The van der Waals surface area contributed by atoms with Gasteiger partial charge in [-0.2, -0.15) is 0 Å². The monoisotopic (exact) mass is 309 g/mol. The molecule has 1 saturated heterocycles. The molecule has 1 heterocycles. The maximum Gasteiger partial charge on any atom is 0.410 e. The number of halogens is 1. The molecule has 1 aliphatic heterocycles. The Labute approximate surface area is 128 Å². The van der Waals surface area contributed by atoms with Gasteiger partial charge in [0.25, 0.3) is 0 Å². The third kappa shape index (κ3) is 3.55. The lowest BCUT2D eigenvalue weighted by Gasteiger charge is -2.47. The predicted molar refractivity (Wildman–Crippen MR) is 78.0 cm³/mol. The van der Waals surface area contributed by atoms with Gasteiger partial charge in [0.15, 0.2) is 0 Å². The Morgan fingerprint density at radius 3 is 2.27 bits per heavy atom. The van der Waals surface area contributed by atoms with Crippen LogP contribution in [0, 0.1) is 11.2 Å².